The van der Waals surface area contributed by atoms with Crippen LogP contribution < -0.4 is 16.4 Å². The van der Waals surface area contributed by atoms with Crippen LogP contribution in [0.1, 0.15) is 41.5 Å². The summed E-state index contributed by atoms with van der Waals surface area (Å²) >= 11 is 0. The first-order valence-electron chi connectivity index (χ1n) is 8.83. The Balaban J connectivity index is 4.58. The van der Waals surface area contributed by atoms with Gasteiger partial charge in [0, 0.05) is 6.54 Å². The number of carbonyl (C=O) groups excluding carboxylic acids is 2. The highest BCUT2D eigenvalue weighted by atomic mass is 16.6. The van der Waals surface area contributed by atoms with E-state index in [4.69, 9.17) is 24.7 Å². The third-order valence-electron chi connectivity index (χ3n) is 2.38. The molecule has 0 aliphatic heterocycles. The van der Waals surface area contributed by atoms with E-state index in [-0.39, 0.29) is 19.1 Å². The predicted molar refractivity (Wildman–Crippen MR) is 102 cm³/mol. The van der Waals surface area contributed by atoms with Crippen molar-refractivity contribution in [3.63, 3.8) is 0 Å². The van der Waals surface area contributed by atoms with Crippen LogP contribution in [0.3, 0.4) is 0 Å². The van der Waals surface area contributed by atoms with Crippen LogP contribution in [0.25, 0.3) is 0 Å². The highest BCUT2D eigenvalue weighted by Crippen LogP contribution is 2.07. The van der Waals surface area contributed by atoms with Gasteiger partial charge in [-0.25, -0.2) is 14.6 Å². The van der Waals surface area contributed by atoms with Gasteiger partial charge in [0.25, 0.3) is 0 Å². The third kappa shape index (κ3) is 17.3. The van der Waals surface area contributed by atoms with Gasteiger partial charge in [-0.1, -0.05) is 0 Å². The molecule has 0 saturated heterocycles. The van der Waals surface area contributed by atoms with Crippen LogP contribution >= 0.6 is 0 Å². The Morgan fingerprint density at radius 2 is 1.26 bits per heavy atom. The molecule has 0 fully saturated rings. The fourth-order valence-electron chi connectivity index (χ4n) is 1.54. The highest BCUT2D eigenvalue weighted by Gasteiger charge is 2.21. The van der Waals surface area contributed by atoms with Gasteiger partial charge in [-0.3, -0.25) is 10.6 Å². The first-order valence-corrected chi connectivity index (χ1v) is 8.83. The number of alkyl carbamates (subject to hydrolysis) is 2. The largest absolute Gasteiger partial charge is 0.444 e. The summed E-state index contributed by atoms with van der Waals surface area (Å²) < 4.78 is 20.8. The molecular formula is C17H34N4O6. The lowest BCUT2D eigenvalue weighted by atomic mass is 10.2. The average molecular weight is 390 g/mol. The van der Waals surface area contributed by atoms with E-state index in [2.05, 4.69) is 15.6 Å². The lowest BCUT2D eigenvalue weighted by molar-refractivity contribution is 0.0529. The molecule has 0 radical (unpaired) electrons. The summed E-state index contributed by atoms with van der Waals surface area (Å²) in [4.78, 5) is 27.9. The maximum absolute atomic E-state index is 11.9. The van der Waals surface area contributed by atoms with E-state index in [1.54, 1.807) is 41.5 Å². The number of nitrogens with one attached hydrogen (secondary N) is 2. The molecule has 2 amide bonds. The van der Waals surface area contributed by atoms with Crippen LogP contribution in [0.5, 0.6) is 0 Å². The summed E-state index contributed by atoms with van der Waals surface area (Å²) in [6, 6.07) is 0. The van der Waals surface area contributed by atoms with Crippen molar-refractivity contribution in [1.29, 1.82) is 0 Å². The lowest BCUT2D eigenvalue weighted by Gasteiger charge is -2.22. The van der Waals surface area contributed by atoms with Gasteiger partial charge >= 0.3 is 12.2 Å². The van der Waals surface area contributed by atoms with E-state index in [1.807, 2.05) is 0 Å². The van der Waals surface area contributed by atoms with Crippen LogP contribution in [0.15, 0.2) is 4.99 Å². The minimum atomic E-state index is -0.742. The smallest absolute Gasteiger partial charge is 0.414 e. The van der Waals surface area contributed by atoms with E-state index >= 15 is 0 Å². The number of hydrogen-bond acceptors (Lipinski definition) is 8. The quantitative estimate of drug-likeness (QED) is 0.324. The zero-order chi connectivity index (χ0) is 20.9. The van der Waals surface area contributed by atoms with Crippen molar-refractivity contribution in [2.75, 3.05) is 39.5 Å². The number of amides is 2. The zero-order valence-corrected chi connectivity index (χ0v) is 17.2. The van der Waals surface area contributed by atoms with Crippen molar-refractivity contribution in [2.24, 2.45) is 10.7 Å². The van der Waals surface area contributed by atoms with Gasteiger partial charge in [-0.2, -0.15) is 0 Å². The Morgan fingerprint density at radius 1 is 0.815 bits per heavy atom. The Labute approximate surface area is 161 Å². The minimum absolute atomic E-state index is 0.0820. The topological polar surface area (TPSA) is 134 Å². The molecule has 0 heterocycles. The number of carbonyl (C=O) groups is 2. The van der Waals surface area contributed by atoms with Crippen molar-refractivity contribution in [1.82, 2.24) is 10.6 Å². The Hall–Kier alpha value is -1.91. The van der Waals surface area contributed by atoms with Crippen LogP contribution in [0, 0.1) is 0 Å². The molecule has 0 bridgehead atoms. The van der Waals surface area contributed by atoms with Gasteiger partial charge < -0.3 is 24.7 Å². The van der Waals surface area contributed by atoms with Crippen molar-refractivity contribution < 1.29 is 28.5 Å². The Bertz CT molecular complexity index is 451. The molecule has 0 unspecified atom stereocenters. The minimum Gasteiger partial charge on any atom is -0.444 e. The van der Waals surface area contributed by atoms with E-state index in [0.717, 1.165) is 0 Å². The van der Waals surface area contributed by atoms with Gasteiger partial charge in [0.2, 0.25) is 5.96 Å². The second kappa shape index (κ2) is 12.5. The number of ether oxygens (including phenoxy) is 4. The summed E-state index contributed by atoms with van der Waals surface area (Å²) in [7, 11) is 0. The molecule has 10 heteroatoms. The Morgan fingerprint density at radius 3 is 1.67 bits per heavy atom. The lowest BCUT2D eigenvalue weighted by Crippen LogP contribution is -2.47. The summed E-state index contributed by atoms with van der Waals surface area (Å²) in [5.74, 6) is -0.0820. The van der Waals surface area contributed by atoms with Gasteiger partial charge in [-0.15, -0.1) is 0 Å². The number of guanidine groups is 1. The number of nitrogens with two attached hydrogens (primary N) is 1. The maximum atomic E-state index is 11.9. The summed E-state index contributed by atoms with van der Waals surface area (Å²) in [6.45, 7) is 12.6. The molecule has 27 heavy (non-hydrogen) atoms. The molecule has 0 aromatic rings. The molecule has 158 valence electrons. The van der Waals surface area contributed by atoms with Crippen LogP contribution in [0.2, 0.25) is 0 Å². The molecule has 10 nitrogen and oxygen atoms in total. The zero-order valence-electron chi connectivity index (χ0n) is 17.2. The molecule has 0 spiro atoms. The number of rotatable bonds is 8. The first kappa shape index (κ1) is 25.1. The third-order valence-corrected chi connectivity index (χ3v) is 2.38. The van der Waals surface area contributed by atoms with Gasteiger partial charge in [0.1, 0.15) is 11.2 Å². The monoisotopic (exact) mass is 390 g/mol. The van der Waals surface area contributed by atoms with E-state index in [1.165, 1.54) is 0 Å². The van der Waals surface area contributed by atoms with Crippen LogP contribution in [-0.2, 0) is 18.9 Å². The second-order valence-electron chi connectivity index (χ2n) is 7.50. The molecule has 0 aromatic carbocycles. The van der Waals surface area contributed by atoms with E-state index in [0.29, 0.717) is 26.4 Å². The first-order chi connectivity index (χ1) is 12.4. The summed E-state index contributed by atoms with van der Waals surface area (Å²) in [5, 5.41) is 4.78. The molecule has 0 aromatic heterocycles. The number of hydrogen-bond donors (Lipinski definition) is 3. The summed E-state index contributed by atoms with van der Waals surface area (Å²) in [5.41, 5.74) is 3.93. The van der Waals surface area contributed by atoms with Crippen molar-refractivity contribution >= 4 is 18.1 Å². The molecular weight excluding hydrogens is 356 g/mol. The van der Waals surface area contributed by atoms with Gasteiger partial charge in [0.15, 0.2) is 0 Å². The van der Waals surface area contributed by atoms with Gasteiger partial charge in [-0.05, 0) is 41.5 Å². The van der Waals surface area contributed by atoms with Crippen LogP contribution in [-0.4, -0.2) is 68.9 Å². The fourth-order valence-corrected chi connectivity index (χ4v) is 1.54. The standard InChI is InChI=1S/C17H34N4O6/c1-16(2,3)26-14(22)20-13(21-15(23)27-17(4,5)6)19-8-10-25-12-11-24-9-7-18/h7-12,18H2,1-6H3,(H2,19,20,21,22,23). The summed E-state index contributed by atoms with van der Waals surface area (Å²) in [6.07, 6.45) is -1.48. The second-order valence-corrected chi connectivity index (χ2v) is 7.50. The van der Waals surface area contributed by atoms with Crippen molar-refractivity contribution in [3.05, 3.63) is 0 Å². The van der Waals surface area contributed by atoms with E-state index < -0.39 is 23.4 Å². The molecule has 0 saturated carbocycles. The fraction of sp³-hybridized carbons (Fsp3) is 0.824. The van der Waals surface area contributed by atoms with E-state index in [9.17, 15) is 9.59 Å². The highest BCUT2D eigenvalue weighted by molar-refractivity contribution is 6.01. The average Bonchev–Trinajstić information content (AvgIpc) is 2.45. The molecule has 0 atom stereocenters. The van der Waals surface area contributed by atoms with Gasteiger partial charge in [0.05, 0.1) is 33.0 Å². The van der Waals surface area contributed by atoms with Crippen molar-refractivity contribution in [2.45, 2.75) is 52.7 Å². The molecule has 4 N–H and O–H groups in total. The number of aliphatic imine (C=N–C) groups is 1. The van der Waals surface area contributed by atoms with Crippen LogP contribution in [0.4, 0.5) is 9.59 Å². The molecule has 0 aliphatic rings. The van der Waals surface area contributed by atoms with Crippen molar-refractivity contribution in [3.8, 4) is 0 Å². The maximum Gasteiger partial charge on any atom is 0.414 e. The predicted octanol–water partition coefficient (Wildman–Crippen LogP) is 1.38. The molecule has 0 rings (SSSR count). The SMILES string of the molecule is CC(C)(C)OC(=O)NC(=NCCOCCOCCN)NC(=O)OC(C)(C)C. The molecule has 0 aliphatic carbocycles. The Kier molecular flexibility index (Phi) is 11.6. The normalized spacial score (nSPS) is 11.5. The number of nitrogens with zero attached hydrogens (tertiary/aromatic N) is 1.